The molecule has 10 heteroatoms. The van der Waals surface area contributed by atoms with E-state index in [-0.39, 0.29) is 35.8 Å². The van der Waals surface area contributed by atoms with Crippen LogP contribution in [0.4, 0.5) is 5.69 Å². The van der Waals surface area contributed by atoms with Crippen LogP contribution < -0.4 is 5.32 Å². The summed E-state index contributed by atoms with van der Waals surface area (Å²) in [6.07, 6.45) is -1.64. The van der Waals surface area contributed by atoms with E-state index in [9.17, 15) is 18.0 Å². The van der Waals surface area contributed by atoms with Crippen LogP contribution in [-0.4, -0.2) is 56.0 Å². The summed E-state index contributed by atoms with van der Waals surface area (Å²) in [5.41, 5.74) is 0.778. The van der Waals surface area contributed by atoms with Gasteiger partial charge in [0.25, 0.3) is 5.91 Å². The summed E-state index contributed by atoms with van der Waals surface area (Å²) < 4.78 is 38.3. The standard InChI is InChI=1S/C23H25N3O6S/c1-15-13-26(14-16(2)31-15)33(29,30)21-9-5-7-19(11-21)23(28)32-17(3)22(27)25-20-8-4-6-18(10-20)12-24/h4-11,15-17H,13-14H2,1-3H3,(H,25,27). The van der Waals surface area contributed by atoms with Gasteiger partial charge in [-0.3, -0.25) is 4.79 Å². The van der Waals surface area contributed by atoms with Crippen LogP contribution in [-0.2, 0) is 24.3 Å². The summed E-state index contributed by atoms with van der Waals surface area (Å²) in [5.74, 6) is -1.41. The molecule has 1 saturated heterocycles. The van der Waals surface area contributed by atoms with Gasteiger partial charge in [-0.1, -0.05) is 12.1 Å². The van der Waals surface area contributed by atoms with E-state index in [1.54, 1.807) is 32.0 Å². The Kier molecular flexibility index (Phi) is 7.48. The van der Waals surface area contributed by atoms with E-state index >= 15 is 0 Å². The number of morpholine rings is 1. The Morgan fingerprint density at radius 1 is 1.15 bits per heavy atom. The van der Waals surface area contributed by atoms with Gasteiger partial charge in [0.05, 0.1) is 34.3 Å². The van der Waals surface area contributed by atoms with Gasteiger partial charge in [0.15, 0.2) is 6.10 Å². The molecular weight excluding hydrogens is 446 g/mol. The smallest absolute Gasteiger partial charge is 0.338 e. The Labute approximate surface area is 193 Å². The van der Waals surface area contributed by atoms with Gasteiger partial charge in [-0.15, -0.1) is 0 Å². The Bertz CT molecular complexity index is 1180. The average Bonchev–Trinajstić information content (AvgIpc) is 2.78. The number of benzene rings is 2. The second kappa shape index (κ2) is 10.1. The fraction of sp³-hybridized carbons (Fsp3) is 0.348. The van der Waals surface area contributed by atoms with Crippen LogP contribution in [0.25, 0.3) is 0 Å². The van der Waals surface area contributed by atoms with Crippen molar-refractivity contribution in [1.82, 2.24) is 4.31 Å². The van der Waals surface area contributed by atoms with Crippen LogP contribution in [0.5, 0.6) is 0 Å². The lowest BCUT2D eigenvalue weighted by Crippen LogP contribution is -2.48. The van der Waals surface area contributed by atoms with Crippen LogP contribution in [0.15, 0.2) is 53.4 Å². The van der Waals surface area contributed by atoms with Gasteiger partial charge in [0.1, 0.15) is 0 Å². The van der Waals surface area contributed by atoms with Crippen LogP contribution in [0.2, 0.25) is 0 Å². The van der Waals surface area contributed by atoms with Gasteiger partial charge in [0, 0.05) is 18.8 Å². The van der Waals surface area contributed by atoms with Crippen LogP contribution in [0, 0.1) is 11.3 Å². The van der Waals surface area contributed by atoms with Crippen molar-refractivity contribution in [3.63, 3.8) is 0 Å². The number of ether oxygens (including phenoxy) is 2. The molecule has 33 heavy (non-hydrogen) atoms. The molecule has 174 valence electrons. The highest BCUT2D eigenvalue weighted by Crippen LogP contribution is 2.22. The third kappa shape index (κ3) is 5.96. The highest BCUT2D eigenvalue weighted by atomic mass is 32.2. The Balaban J connectivity index is 1.70. The van der Waals surface area contributed by atoms with Gasteiger partial charge in [-0.2, -0.15) is 9.57 Å². The third-order valence-corrected chi connectivity index (χ3v) is 6.83. The van der Waals surface area contributed by atoms with E-state index in [1.807, 2.05) is 6.07 Å². The number of nitrogens with zero attached hydrogens (tertiary/aromatic N) is 2. The molecule has 1 aliphatic rings. The van der Waals surface area contributed by atoms with E-state index in [1.165, 1.54) is 41.6 Å². The molecule has 2 aromatic rings. The molecule has 0 bridgehead atoms. The second-order valence-electron chi connectivity index (χ2n) is 7.84. The number of anilines is 1. The molecule has 1 heterocycles. The minimum atomic E-state index is -3.84. The van der Waals surface area contributed by atoms with Crippen molar-refractivity contribution in [1.29, 1.82) is 5.26 Å². The summed E-state index contributed by atoms with van der Waals surface area (Å²) >= 11 is 0. The number of carbonyl (C=O) groups is 2. The molecule has 3 unspecified atom stereocenters. The first-order valence-corrected chi connectivity index (χ1v) is 11.8. The maximum absolute atomic E-state index is 13.1. The fourth-order valence-electron chi connectivity index (χ4n) is 3.45. The van der Waals surface area contributed by atoms with Crippen LogP contribution in [0.1, 0.15) is 36.7 Å². The van der Waals surface area contributed by atoms with Gasteiger partial charge in [-0.25, -0.2) is 13.2 Å². The van der Waals surface area contributed by atoms with E-state index in [4.69, 9.17) is 14.7 Å². The van der Waals surface area contributed by atoms with Crippen molar-refractivity contribution in [3.8, 4) is 6.07 Å². The minimum absolute atomic E-state index is 0.0107. The van der Waals surface area contributed by atoms with Crippen molar-refractivity contribution < 1.29 is 27.5 Å². The van der Waals surface area contributed by atoms with Crippen molar-refractivity contribution in [2.45, 2.75) is 44.0 Å². The number of nitriles is 1. The zero-order chi connectivity index (χ0) is 24.2. The van der Waals surface area contributed by atoms with Gasteiger partial charge < -0.3 is 14.8 Å². The first-order valence-electron chi connectivity index (χ1n) is 10.4. The molecule has 1 amide bonds. The molecular formula is C23H25N3O6S. The molecule has 2 aromatic carbocycles. The first kappa shape index (κ1) is 24.4. The molecule has 0 aromatic heterocycles. The summed E-state index contributed by atoms with van der Waals surface area (Å²) in [4.78, 5) is 24.9. The molecule has 3 atom stereocenters. The minimum Gasteiger partial charge on any atom is -0.449 e. The molecule has 1 N–H and O–H groups in total. The number of hydrogen-bond acceptors (Lipinski definition) is 7. The second-order valence-corrected chi connectivity index (χ2v) is 9.77. The fourth-order valence-corrected chi connectivity index (χ4v) is 5.09. The molecule has 9 nitrogen and oxygen atoms in total. The van der Waals surface area contributed by atoms with Crippen molar-refractivity contribution in [2.24, 2.45) is 0 Å². The number of esters is 1. The van der Waals surface area contributed by atoms with Crippen LogP contribution in [0.3, 0.4) is 0 Å². The largest absolute Gasteiger partial charge is 0.449 e. The summed E-state index contributed by atoms with van der Waals surface area (Å²) in [7, 11) is -3.84. The monoisotopic (exact) mass is 471 g/mol. The molecule has 0 radical (unpaired) electrons. The molecule has 0 saturated carbocycles. The number of carbonyl (C=O) groups excluding carboxylic acids is 2. The number of sulfonamides is 1. The topological polar surface area (TPSA) is 126 Å². The van der Waals surface area contributed by atoms with Crippen molar-refractivity contribution in [2.75, 3.05) is 18.4 Å². The molecule has 1 aliphatic heterocycles. The number of nitrogens with one attached hydrogen (secondary N) is 1. The lowest BCUT2D eigenvalue weighted by molar-refractivity contribution is -0.123. The summed E-state index contributed by atoms with van der Waals surface area (Å²) in [5, 5.41) is 11.5. The Morgan fingerprint density at radius 2 is 1.82 bits per heavy atom. The van der Waals surface area contributed by atoms with E-state index < -0.39 is 28.0 Å². The Morgan fingerprint density at radius 3 is 2.48 bits per heavy atom. The highest BCUT2D eigenvalue weighted by molar-refractivity contribution is 7.89. The SMILES string of the molecule is CC1CN(S(=O)(=O)c2cccc(C(=O)OC(C)C(=O)Nc3cccc(C#N)c3)c2)CC(C)O1. The zero-order valence-electron chi connectivity index (χ0n) is 18.5. The number of rotatable bonds is 6. The van der Waals surface area contributed by atoms with Crippen molar-refractivity contribution >= 4 is 27.6 Å². The van der Waals surface area contributed by atoms with Crippen LogP contribution >= 0.6 is 0 Å². The number of amides is 1. The van der Waals surface area contributed by atoms with Gasteiger partial charge in [-0.05, 0) is 57.2 Å². The van der Waals surface area contributed by atoms with E-state index in [0.29, 0.717) is 11.3 Å². The molecule has 3 rings (SSSR count). The highest BCUT2D eigenvalue weighted by Gasteiger charge is 2.32. The van der Waals surface area contributed by atoms with Gasteiger partial charge in [0.2, 0.25) is 10.0 Å². The number of hydrogen-bond donors (Lipinski definition) is 1. The maximum atomic E-state index is 13.1. The lowest BCUT2D eigenvalue weighted by Gasteiger charge is -2.34. The summed E-state index contributed by atoms with van der Waals surface area (Å²) in [6.45, 7) is 5.43. The normalized spacial score (nSPS) is 19.8. The molecule has 0 spiro atoms. The lowest BCUT2D eigenvalue weighted by atomic mass is 10.2. The van der Waals surface area contributed by atoms with Gasteiger partial charge >= 0.3 is 5.97 Å². The summed E-state index contributed by atoms with van der Waals surface area (Å²) in [6, 6.07) is 13.8. The van der Waals surface area contributed by atoms with Crippen molar-refractivity contribution in [3.05, 3.63) is 59.7 Å². The molecule has 1 fully saturated rings. The zero-order valence-corrected chi connectivity index (χ0v) is 19.3. The molecule has 0 aliphatic carbocycles. The average molecular weight is 472 g/mol. The quantitative estimate of drug-likeness (QED) is 0.642. The maximum Gasteiger partial charge on any atom is 0.338 e. The third-order valence-electron chi connectivity index (χ3n) is 5.01. The first-order chi connectivity index (χ1) is 15.6. The predicted molar refractivity (Wildman–Crippen MR) is 120 cm³/mol. The Hall–Kier alpha value is -3.26. The van der Waals surface area contributed by atoms with E-state index in [0.717, 1.165) is 0 Å². The van der Waals surface area contributed by atoms with E-state index in [2.05, 4.69) is 5.32 Å². The predicted octanol–water partition coefficient (Wildman–Crippen LogP) is 2.54.